The summed E-state index contributed by atoms with van der Waals surface area (Å²) in [6.07, 6.45) is 0. The standard InChI is InChI=1S/2C5H11NS2.Te/c2*1-3-6(4-2)5(7)8;/h2*3-4H2,1-2H3,(H,7,8);/q;;+2/p-2. The van der Waals surface area contributed by atoms with Crippen molar-refractivity contribution in [3.8, 4) is 0 Å². The van der Waals surface area contributed by atoms with Crippen molar-refractivity contribution in [3.63, 3.8) is 0 Å². The zero-order chi connectivity index (χ0) is 13.1. The first-order valence-electron chi connectivity index (χ1n) is 5.36. The molecule has 0 fully saturated rings. The van der Waals surface area contributed by atoms with Crippen LogP contribution >= 0.6 is 24.4 Å². The van der Waals surface area contributed by atoms with E-state index in [1.54, 1.807) is 0 Å². The summed E-state index contributed by atoms with van der Waals surface area (Å²) in [5.41, 5.74) is 0. The van der Waals surface area contributed by atoms with Crippen molar-refractivity contribution >= 4 is 82.0 Å². The van der Waals surface area contributed by atoms with Gasteiger partial charge in [-0.15, -0.1) is 0 Å². The summed E-state index contributed by atoms with van der Waals surface area (Å²) >= 11 is 19.0. The summed E-state index contributed by atoms with van der Waals surface area (Å²) in [4.78, 5) is 3.93. The third kappa shape index (κ3) is 13.2. The maximum atomic E-state index is 4.76. The SMILES string of the molecule is CCN(CC)C(=S)[S-].CCN(CC)C(=S)[S-].[Te+2]. The van der Waals surface area contributed by atoms with Gasteiger partial charge in [-0.1, -0.05) is 8.64 Å². The van der Waals surface area contributed by atoms with Gasteiger partial charge in [0.25, 0.3) is 0 Å². The van der Waals surface area contributed by atoms with Crippen molar-refractivity contribution < 1.29 is 0 Å². The molecule has 0 aromatic rings. The Hall–Kier alpha value is 1.01. The van der Waals surface area contributed by atoms with E-state index in [1.807, 2.05) is 37.5 Å². The van der Waals surface area contributed by atoms with Crippen LogP contribution in [0.2, 0.25) is 0 Å². The Morgan fingerprint density at radius 1 is 0.765 bits per heavy atom. The average Bonchev–Trinajstić information content (AvgIpc) is 2.21. The van der Waals surface area contributed by atoms with Crippen LogP contribution in [-0.4, -0.2) is 68.3 Å². The Labute approximate surface area is 144 Å². The van der Waals surface area contributed by atoms with E-state index in [1.165, 1.54) is 0 Å². The van der Waals surface area contributed by atoms with E-state index in [-0.39, 0.29) is 23.7 Å². The molecule has 0 unspecified atom stereocenters. The summed E-state index contributed by atoms with van der Waals surface area (Å²) in [5.74, 6) is 0. The van der Waals surface area contributed by atoms with Gasteiger partial charge in [0, 0.05) is 26.2 Å². The van der Waals surface area contributed by atoms with Crippen molar-refractivity contribution in [2.24, 2.45) is 0 Å². The molecule has 0 bridgehead atoms. The maximum absolute atomic E-state index is 4.76. The van der Waals surface area contributed by atoms with Crippen molar-refractivity contribution in [2.45, 2.75) is 27.7 Å². The van der Waals surface area contributed by atoms with Gasteiger partial charge in [-0.25, -0.2) is 0 Å². The molecule has 0 aliphatic carbocycles. The molecular formula is C10H20N2S4Te. The molecule has 100 valence electrons. The molecule has 0 atom stereocenters. The van der Waals surface area contributed by atoms with Crippen molar-refractivity contribution in [1.29, 1.82) is 0 Å². The Morgan fingerprint density at radius 3 is 0.941 bits per heavy atom. The van der Waals surface area contributed by atoms with Crippen LogP contribution in [0.1, 0.15) is 27.7 Å². The minimum Gasteiger partial charge on any atom is -0.411 e. The fourth-order valence-corrected chi connectivity index (χ4v) is 2.00. The molecule has 0 aliphatic rings. The van der Waals surface area contributed by atoms with Crippen LogP contribution < -0.4 is 0 Å². The average molecular weight is 424 g/mol. The maximum Gasteiger partial charge on any atom is 2.00 e. The predicted octanol–water partition coefficient (Wildman–Crippen LogP) is 1.94. The Morgan fingerprint density at radius 2 is 0.941 bits per heavy atom. The van der Waals surface area contributed by atoms with E-state index in [0.717, 1.165) is 26.2 Å². The Kier molecular flexibility index (Phi) is 20.5. The first-order valence-corrected chi connectivity index (χ1v) is 6.99. The summed E-state index contributed by atoms with van der Waals surface area (Å²) in [5, 5.41) is 0. The van der Waals surface area contributed by atoms with E-state index < -0.39 is 0 Å². The molecule has 0 N–H and O–H groups in total. The quantitative estimate of drug-likeness (QED) is 0.384. The summed E-state index contributed by atoms with van der Waals surface area (Å²) in [7, 11) is 0. The molecule has 17 heavy (non-hydrogen) atoms. The van der Waals surface area contributed by atoms with Crippen LogP contribution in [0.4, 0.5) is 0 Å². The molecule has 0 rings (SSSR count). The van der Waals surface area contributed by atoms with E-state index in [9.17, 15) is 0 Å². The van der Waals surface area contributed by atoms with Crippen LogP contribution in [0, 0.1) is 0 Å². The van der Waals surface area contributed by atoms with Gasteiger partial charge >= 0.3 is 23.7 Å². The molecule has 0 spiro atoms. The number of thiocarbonyl (C=S) groups is 2. The van der Waals surface area contributed by atoms with E-state index in [4.69, 9.17) is 49.7 Å². The molecule has 0 aromatic carbocycles. The zero-order valence-corrected chi connectivity index (χ0v) is 16.4. The minimum absolute atomic E-state index is 0. The van der Waals surface area contributed by atoms with Gasteiger partial charge in [-0.05, 0) is 27.7 Å². The second-order valence-electron chi connectivity index (χ2n) is 2.88. The first-order chi connectivity index (χ1) is 7.44. The van der Waals surface area contributed by atoms with Gasteiger partial charge in [-0.2, -0.15) is 0 Å². The van der Waals surface area contributed by atoms with Crippen LogP contribution in [0.5, 0.6) is 0 Å². The van der Waals surface area contributed by atoms with Gasteiger partial charge in [0.05, 0.1) is 0 Å². The smallest absolute Gasteiger partial charge is 0.411 e. The minimum atomic E-state index is 0. The normalized spacial score (nSPS) is 8.24. The van der Waals surface area contributed by atoms with Crippen molar-refractivity contribution in [3.05, 3.63) is 0 Å². The fraction of sp³-hybridized carbons (Fsp3) is 0.800. The number of rotatable bonds is 4. The zero-order valence-electron chi connectivity index (χ0n) is 10.8. The van der Waals surface area contributed by atoms with Crippen LogP contribution in [0.3, 0.4) is 0 Å². The van der Waals surface area contributed by atoms with E-state index in [0.29, 0.717) is 8.64 Å². The van der Waals surface area contributed by atoms with Gasteiger partial charge in [0.1, 0.15) is 0 Å². The molecule has 4 radical (unpaired) electrons. The van der Waals surface area contributed by atoms with Crippen molar-refractivity contribution in [1.82, 2.24) is 9.80 Å². The number of hydrogen-bond donors (Lipinski definition) is 0. The van der Waals surface area contributed by atoms with E-state index >= 15 is 0 Å². The summed E-state index contributed by atoms with van der Waals surface area (Å²) in [6, 6.07) is 0. The molecule has 0 aromatic heterocycles. The number of hydrogen-bond acceptors (Lipinski definition) is 4. The topological polar surface area (TPSA) is 6.48 Å². The first kappa shape index (κ1) is 23.1. The van der Waals surface area contributed by atoms with Gasteiger partial charge < -0.3 is 59.5 Å². The molecule has 0 saturated heterocycles. The Balaban J connectivity index is -0.000000218. The van der Waals surface area contributed by atoms with Gasteiger partial charge in [0.2, 0.25) is 0 Å². The molecule has 0 aliphatic heterocycles. The second kappa shape index (κ2) is 15.1. The molecule has 0 heterocycles. The third-order valence-electron chi connectivity index (χ3n) is 2.04. The van der Waals surface area contributed by atoms with Gasteiger partial charge in [-0.3, -0.25) is 0 Å². The van der Waals surface area contributed by atoms with Crippen molar-refractivity contribution in [2.75, 3.05) is 26.2 Å². The largest absolute Gasteiger partial charge is 2.00 e. The van der Waals surface area contributed by atoms with Crippen LogP contribution in [0.25, 0.3) is 0 Å². The van der Waals surface area contributed by atoms with Crippen LogP contribution in [-0.2, 0) is 25.3 Å². The molecule has 0 saturated carbocycles. The second-order valence-corrected chi connectivity index (χ2v) is 4.94. The summed E-state index contributed by atoms with van der Waals surface area (Å²) < 4.78 is 1.16. The monoisotopic (exact) mass is 426 g/mol. The third-order valence-corrected chi connectivity index (χ3v) is 3.08. The summed E-state index contributed by atoms with van der Waals surface area (Å²) in [6.45, 7) is 11.9. The molecule has 7 heteroatoms. The van der Waals surface area contributed by atoms with Gasteiger partial charge in [0.15, 0.2) is 0 Å². The number of nitrogens with zero attached hydrogens (tertiary/aromatic N) is 2. The molecule has 2 nitrogen and oxygen atoms in total. The fourth-order valence-electron chi connectivity index (χ4n) is 0.964. The predicted molar refractivity (Wildman–Crippen MR) is 91.5 cm³/mol. The molecular weight excluding hydrogens is 404 g/mol. The molecule has 0 amide bonds. The van der Waals surface area contributed by atoms with Crippen LogP contribution in [0.15, 0.2) is 0 Å². The van der Waals surface area contributed by atoms with E-state index in [2.05, 4.69) is 0 Å². The Bertz CT molecular complexity index is 184.